The molecule has 3 N–H and O–H groups in total. The van der Waals surface area contributed by atoms with E-state index < -0.39 is 29.3 Å². The van der Waals surface area contributed by atoms with Crippen LogP contribution in [0.15, 0.2) is 70.1 Å². The highest BCUT2D eigenvalue weighted by atomic mass is 19.4. The van der Waals surface area contributed by atoms with Crippen LogP contribution in [0.5, 0.6) is 17.2 Å². The van der Waals surface area contributed by atoms with Crippen LogP contribution < -0.4 is 45.8 Å². The van der Waals surface area contributed by atoms with Crippen molar-refractivity contribution in [2.45, 2.75) is 12.7 Å². The van der Waals surface area contributed by atoms with Crippen molar-refractivity contribution in [3.8, 4) is 17.2 Å². The minimum absolute atomic E-state index is 0.0771. The molecule has 44 heavy (non-hydrogen) atoms. The third kappa shape index (κ3) is 6.04. The molecule has 230 valence electrons. The Kier molecular flexibility index (Phi) is 8.25. The van der Waals surface area contributed by atoms with E-state index >= 15 is 0 Å². The Morgan fingerprint density at radius 1 is 1.02 bits per heavy atom. The number of hydrogen-bond acceptors (Lipinski definition) is 8. The highest BCUT2D eigenvalue weighted by Crippen LogP contribution is 2.37. The summed E-state index contributed by atoms with van der Waals surface area (Å²) >= 11 is 0. The summed E-state index contributed by atoms with van der Waals surface area (Å²) in [6.45, 7) is 0.512. The number of nitrogens with one attached hydrogen (secondary N) is 1. The first-order valence-electron chi connectivity index (χ1n) is 13.0. The molecule has 0 aliphatic carbocycles. The van der Waals surface area contributed by atoms with Gasteiger partial charge in [0.05, 0.1) is 55.6 Å². The molecule has 3 aromatic carbocycles. The van der Waals surface area contributed by atoms with Crippen LogP contribution in [0.3, 0.4) is 0 Å². The number of benzene rings is 3. The SMILES string of the molecule is COc1cc(OC)c(CNc2cc3c(o2)=NCN(c2ccc(N(C(N)=O)c4cc(C(F)(F)F)ccc4F)cc2)C=3)c(OC)c1. The first-order valence-corrected chi connectivity index (χ1v) is 13.0. The Labute approximate surface area is 248 Å². The van der Waals surface area contributed by atoms with Gasteiger partial charge in [0, 0.05) is 30.1 Å². The van der Waals surface area contributed by atoms with E-state index in [9.17, 15) is 22.4 Å². The summed E-state index contributed by atoms with van der Waals surface area (Å²) in [5, 5.41) is 3.89. The molecule has 0 bridgehead atoms. The van der Waals surface area contributed by atoms with Crippen molar-refractivity contribution >= 4 is 35.2 Å². The fraction of sp³-hybridized carbons (Fsp3) is 0.200. The summed E-state index contributed by atoms with van der Waals surface area (Å²) in [4.78, 5) is 19.2. The number of methoxy groups -OCH3 is 3. The number of fused-ring (bicyclic) bond motifs is 1. The Morgan fingerprint density at radius 2 is 1.70 bits per heavy atom. The molecule has 10 nitrogen and oxygen atoms in total. The monoisotopic (exact) mass is 613 g/mol. The smallest absolute Gasteiger partial charge is 0.416 e. The third-order valence-electron chi connectivity index (χ3n) is 6.83. The lowest BCUT2D eigenvalue weighted by Gasteiger charge is -2.24. The number of carbonyl (C=O) groups is 1. The standard InChI is InChI=1S/C30H27F4N5O5/c1-41-21-12-25(42-2)22(26(13-21)43-3)14-36-27-10-17-15-38(16-37-28(17)44-27)19-5-7-20(8-6-19)39(29(35)40)24-11-18(30(32,33)34)4-9-23(24)31/h4-13,15,36H,14,16H2,1-3H3,(H2,35,40). The predicted molar refractivity (Wildman–Crippen MR) is 154 cm³/mol. The lowest BCUT2D eigenvalue weighted by Crippen LogP contribution is -2.33. The Hall–Kier alpha value is -5.40. The van der Waals surface area contributed by atoms with Gasteiger partial charge in [0.1, 0.15) is 29.7 Å². The number of nitrogens with zero attached hydrogens (tertiary/aromatic N) is 3. The average Bonchev–Trinajstić information content (AvgIpc) is 3.42. The molecule has 2 heterocycles. The number of carbonyl (C=O) groups excluding carboxylic acids is 1. The first-order chi connectivity index (χ1) is 21.0. The predicted octanol–water partition coefficient (Wildman–Crippen LogP) is 5.13. The van der Waals surface area contributed by atoms with E-state index in [2.05, 4.69) is 10.3 Å². The topological polar surface area (TPSA) is 115 Å². The molecule has 0 saturated heterocycles. The molecule has 0 atom stereocenters. The Balaban J connectivity index is 1.36. The largest absolute Gasteiger partial charge is 0.496 e. The van der Waals surface area contributed by atoms with Crippen molar-refractivity contribution in [2.24, 2.45) is 10.7 Å². The lowest BCUT2D eigenvalue weighted by molar-refractivity contribution is -0.137. The van der Waals surface area contributed by atoms with E-state index in [1.165, 1.54) is 12.1 Å². The molecule has 0 spiro atoms. The lowest BCUT2D eigenvalue weighted by atomic mass is 10.1. The molecule has 4 aromatic rings. The minimum atomic E-state index is -4.74. The second kappa shape index (κ2) is 12.1. The van der Waals surface area contributed by atoms with Crippen molar-refractivity contribution in [1.82, 2.24) is 0 Å². The van der Waals surface area contributed by atoms with E-state index in [0.29, 0.717) is 69.2 Å². The molecule has 0 fully saturated rings. The van der Waals surface area contributed by atoms with E-state index in [4.69, 9.17) is 24.4 Å². The van der Waals surface area contributed by atoms with Crippen molar-refractivity contribution in [3.63, 3.8) is 0 Å². The second-order valence-electron chi connectivity index (χ2n) is 9.49. The first kappa shape index (κ1) is 30.1. The number of furan rings is 1. The molecule has 1 aliphatic heterocycles. The normalized spacial score (nSPS) is 12.5. The summed E-state index contributed by atoms with van der Waals surface area (Å²) in [5.74, 6) is 1.14. The third-order valence-corrected chi connectivity index (χ3v) is 6.83. The molecule has 2 amide bonds. The molecule has 0 radical (unpaired) electrons. The average molecular weight is 614 g/mol. The summed E-state index contributed by atoms with van der Waals surface area (Å²) in [5.41, 5.74) is 5.59. The Bertz CT molecular complexity index is 1780. The quantitative estimate of drug-likeness (QED) is 0.252. The maximum Gasteiger partial charge on any atom is 0.416 e. The van der Waals surface area contributed by atoms with Crippen LogP contribution in [-0.2, 0) is 12.7 Å². The zero-order valence-corrected chi connectivity index (χ0v) is 23.7. The zero-order valence-electron chi connectivity index (χ0n) is 23.7. The van der Waals surface area contributed by atoms with Gasteiger partial charge in [-0.25, -0.2) is 14.2 Å². The summed E-state index contributed by atoms with van der Waals surface area (Å²) in [7, 11) is 4.65. The van der Waals surface area contributed by atoms with Crippen LogP contribution in [0.1, 0.15) is 11.1 Å². The molecular weight excluding hydrogens is 586 g/mol. The number of ether oxygens (including phenoxy) is 3. The highest BCUT2D eigenvalue weighted by molar-refractivity contribution is 5.98. The maximum atomic E-state index is 14.6. The number of amides is 2. The second-order valence-corrected chi connectivity index (χ2v) is 9.49. The van der Waals surface area contributed by atoms with Gasteiger partial charge in [-0.15, -0.1) is 0 Å². The van der Waals surface area contributed by atoms with E-state index in [1.54, 1.807) is 62.8 Å². The van der Waals surface area contributed by atoms with E-state index in [0.717, 1.165) is 5.56 Å². The number of nitrogens with two attached hydrogens (primary N) is 1. The molecule has 1 aromatic heterocycles. The van der Waals surface area contributed by atoms with Gasteiger partial charge >= 0.3 is 12.2 Å². The van der Waals surface area contributed by atoms with Crippen LogP contribution in [0.4, 0.5) is 45.3 Å². The molecule has 0 unspecified atom stereocenters. The number of rotatable bonds is 9. The highest BCUT2D eigenvalue weighted by Gasteiger charge is 2.32. The molecule has 1 aliphatic rings. The van der Waals surface area contributed by atoms with Crippen LogP contribution in [0, 0.1) is 5.82 Å². The maximum absolute atomic E-state index is 14.6. The summed E-state index contributed by atoms with van der Waals surface area (Å²) in [6, 6.07) is 12.0. The van der Waals surface area contributed by atoms with Crippen molar-refractivity contribution in [3.05, 3.63) is 88.4 Å². The molecule has 14 heteroatoms. The van der Waals surface area contributed by atoms with Gasteiger partial charge in [-0.2, -0.15) is 13.2 Å². The molecule has 0 saturated carbocycles. The van der Waals surface area contributed by atoms with Crippen LogP contribution in [-0.4, -0.2) is 34.0 Å². The minimum Gasteiger partial charge on any atom is -0.496 e. The fourth-order valence-corrected chi connectivity index (χ4v) is 4.67. The molecular formula is C30H27F4N5O5. The number of halogens is 4. The Morgan fingerprint density at radius 3 is 2.30 bits per heavy atom. The summed E-state index contributed by atoms with van der Waals surface area (Å²) in [6.07, 6.45) is -2.93. The van der Waals surface area contributed by atoms with Gasteiger partial charge in [0.2, 0.25) is 5.55 Å². The van der Waals surface area contributed by atoms with Crippen molar-refractivity contribution in [2.75, 3.05) is 43.1 Å². The number of primary amides is 1. The van der Waals surface area contributed by atoms with E-state index in [1.807, 2.05) is 0 Å². The zero-order chi connectivity index (χ0) is 31.6. The van der Waals surface area contributed by atoms with Gasteiger partial charge in [-0.3, -0.25) is 4.90 Å². The molecule has 5 rings (SSSR count). The van der Waals surface area contributed by atoms with Crippen molar-refractivity contribution < 1.29 is 41.0 Å². The van der Waals surface area contributed by atoms with Crippen LogP contribution >= 0.6 is 0 Å². The van der Waals surface area contributed by atoms with Gasteiger partial charge < -0.3 is 34.6 Å². The number of urea groups is 1. The van der Waals surface area contributed by atoms with Crippen LogP contribution in [0.2, 0.25) is 0 Å². The fourth-order valence-electron chi connectivity index (χ4n) is 4.67. The van der Waals surface area contributed by atoms with E-state index in [-0.39, 0.29) is 12.4 Å². The van der Waals surface area contributed by atoms with Crippen molar-refractivity contribution in [1.29, 1.82) is 0 Å². The number of alkyl halides is 3. The van der Waals surface area contributed by atoms with Gasteiger partial charge in [-0.05, 0) is 42.5 Å². The number of anilines is 4. The van der Waals surface area contributed by atoms with Gasteiger partial charge in [-0.1, -0.05) is 0 Å². The van der Waals surface area contributed by atoms with Crippen LogP contribution in [0.25, 0.3) is 6.20 Å². The summed E-state index contributed by atoms with van der Waals surface area (Å²) < 4.78 is 76.4. The number of hydrogen-bond donors (Lipinski definition) is 2. The van der Waals surface area contributed by atoms with Gasteiger partial charge in [0.25, 0.3) is 0 Å². The van der Waals surface area contributed by atoms with Gasteiger partial charge in [0.15, 0.2) is 5.88 Å².